The molecule has 1 aromatic heterocycles. The number of aromatic nitrogens is 3. The third-order valence-electron chi connectivity index (χ3n) is 2.20. The molecule has 8 nitrogen and oxygen atoms in total. The Kier molecular flexibility index (Phi) is 4.64. The van der Waals surface area contributed by atoms with Crippen molar-refractivity contribution in [1.29, 1.82) is 0 Å². The minimum atomic E-state index is -0.626. The number of methoxy groups -OCH3 is 1. The van der Waals surface area contributed by atoms with Gasteiger partial charge in [0.25, 0.3) is 0 Å². The Balaban J connectivity index is 2.69. The molecule has 1 rings (SSSR count). The Labute approximate surface area is 105 Å². The molecule has 3 N–H and O–H groups in total. The van der Waals surface area contributed by atoms with Crippen LogP contribution in [-0.2, 0) is 9.59 Å². The van der Waals surface area contributed by atoms with Crippen molar-refractivity contribution in [3.05, 3.63) is 0 Å². The van der Waals surface area contributed by atoms with Crippen LogP contribution in [0.1, 0.15) is 20.8 Å². The summed E-state index contributed by atoms with van der Waals surface area (Å²) in [6, 6.07) is -0.496. The minimum Gasteiger partial charge on any atom is -0.466 e. The van der Waals surface area contributed by atoms with Crippen LogP contribution >= 0.6 is 0 Å². The van der Waals surface area contributed by atoms with E-state index in [1.807, 2.05) is 13.8 Å². The number of H-pyrrole nitrogens is 1. The lowest BCUT2D eigenvalue weighted by atomic mass is 10.0. The first-order chi connectivity index (χ1) is 8.43. The van der Waals surface area contributed by atoms with Crippen LogP contribution in [0.3, 0.4) is 0 Å². The van der Waals surface area contributed by atoms with Crippen molar-refractivity contribution in [3.63, 3.8) is 0 Å². The smallest absolute Gasteiger partial charge is 0.336 e. The molecule has 0 aliphatic carbocycles. The van der Waals surface area contributed by atoms with Gasteiger partial charge in [0, 0.05) is 6.92 Å². The van der Waals surface area contributed by atoms with E-state index < -0.39 is 6.04 Å². The first-order valence-electron chi connectivity index (χ1n) is 5.48. The molecule has 0 fully saturated rings. The van der Waals surface area contributed by atoms with Crippen LogP contribution in [0.15, 0.2) is 0 Å². The van der Waals surface area contributed by atoms with Gasteiger partial charge in [0.15, 0.2) is 0 Å². The molecule has 0 aromatic carbocycles. The molecule has 0 aliphatic rings. The maximum absolute atomic E-state index is 11.9. The zero-order valence-electron chi connectivity index (χ0n) is 10.8. The summed E-state index contributed by atoms with van der Waals surface area (Å²) in [5, 5.41) is 11.3. The summed E-state index contributed by atoms with van der Waals surface area (Å²) in [6.07, 6.45) is 0. The van der Waals surface area contributed by atoms with E-state index in [1.165, 1.54) is 14.0 Å². The molecule has 0 aliphatic heterocycles. The van der Waals surface area contributed by atoms with Crippen LogP contribution in [0.2, 0.25) is 0 Å². The van der Waals surface area contributed by atoms with E-state index in [2.05, 4.69) is 25.8 Å². The molecule has 2 amide bonds. The largest absolute Gasteiger partial charge is 0.466 e. The fourth-order valence-electron chi connectivity index (χ4n) is 1.34. The van der Waals surface area contributed by atoms with Gasteiger partial charge in [-0.1, -0.05) is 13.8 Å². The first kappa shape index (κ1) is 13.9. The molecule has 1 heterocycles. The second-order valence-corrected chi connectivity index (χ2v) is 4.08. The van der Waals surface area contributed by atoms with Gasteiger partial charge in [0.05, 0.1) is 7.11 Å². The summed E-state index contributed by atoms with van der Waals surface area (Å²) in [5.41, 5.74) is 0. The number of rotatable bonds is 5. The van der Waals surface area contributed by atoms with E-state index in [0.29, 0.717) is 0 Å². The molecule has 1 atom stereocenters. The molecule has 1 unspecified atom stereocenters. The summed E-state index contributed by atoms with van der Waals surface area (Å²) in [6.45, 7) is 5.03. The van der Waals surface area contributed by atoms with E-state index in [0.717, 1.165) is 0 Å². The lowest BCUT2D eigenvalue weighted by Gasteiger charge is -2.19. The van der Waals surface area contributed by atoms with Crippen LogP contribution < -0.4 is 15.4 Å². The van der Waals surface area contributed by atoms with Crippen molar-refractivity contribution in [2.24, 2.45) is 5.92 Å². The lowest BCUT2D eigenvalue weighted by molar-refractivity contribution is -0.126. The topological polar surface area (TPSA) is 109 Å². The Hall–Kier alpha value is -2.12. The number of carbonyl (C=O) groups is 2. The molecule has 0 saturated carbocycles. The number of hydrogen-bond donors (Lipinski definition) is 3. The van der Waals surface area contributed by atoms with Gasteiger partial charge in [-0.3, -0.25) is 14.9 Å². The molecule has 0 spiro atoms. The normalized spacial score (nSPS) is 12.1. The number of aromatic amines is 1. The van der Waals surface area contributed by atoms with Crippen molar-refractivity contribution >= 4 is 17.8 Å². The molecular weight excluding hydrogens is 238 g/mol. The summed E-state index contributed by atoms with van der Waals surface area (Å²) in [4.78, 5) is 26.8. The highest BCUT2D eigenvalue weighted by molar-refractivity contribution is 5.95. The maximum Gasteiger partial charge on any atom is 0.336 e. The van der Waals surface area contributed by atoms with Gasteiger partial charge in [-0.15, -0.1) is 5.10 Å². The second-order valence-electron chi connectivity index (χ2n) is 4.08. The summed E-state index contributed by atoms with van der Waals surface area (Å²) in [7, 11) is 1.42. The van der Waals surface area contributed by atoms with Crippen LogP contribution in [0, 0.1) is 5.92 Å². The number of ether oxygens (including phenoxy) is 1. The van der Waals surface area contributed by atoms with Crippen LogP contribution in [0.4, 0.5) is 5.95 Å². The van der Waals surface area contributed by atoms with Gasteiger partial charge in [-0.05, 0) is 5.92 Å². The number of amides is 2. The van der Waals surface area contributed by atoms with Crippen LogP contribution in [0.25, 0.3) is 0 Å². The standard InChI is InChI=1S/C10H17N5O3/c1-5(2)7(11-6(3)16)8(17)12-9-13-10(18-4)15-14-9/h5,7H,1-4H3,(H,11,16)(H2,12,13,14,15,17). The van der Waals surface area contributed by atoms with E-state index >= 15 is 0 Å². The summed E-state index contributed by atoms with van der Waals surface area (Å²) >= 11 is 0. The highest BCUT2D eigenvalue weighted by atomic mass is 16.5. The Morgan fingerprint density at radius 2 is 2.06 bits per heavy atom. The SMILES string of the molecule is COc1n[nH]c(NC(=O)C(NC(C)=O)C(C)C)n1. The van der Waals surface area contributed by atoms with Gasteiger partial charge in [0.2, 0.25) is 17.8 Å². The Morgan fingerprint density at radius 1 is 1.39 bits per heavy atom. The predicted molar refractivity (Wildman–Crippen MR) is 64.0 cm³/mol. The molecule has 0 bridgehead atoms. The average molecular weight is 255 g/mol. The molecule has 18 heavy (non-hydrogen) atoms. The van der Waals surface area contributed by atoms with Crippen molar-refractivity contribution in [2.75, 3.05) is 12.4 Å². The van der Waals surface area contributed by atoms with E-state index in [9.17, 15) is 9.59 Å². The van der Waals surface area contributed by atoms with E-state index in [1.54, 1.807) is 0 Å². The third-order valence-corrected chi connectivity index (χ3v) is 2.20. The second kappa shape index (κ2) is 5.99. The fourth-order valence-corrected chi connectivity index (χ4v) is 1.34. The maximum atomic E-state index is 11.9. The number of nitrogens with zero attached hydrogens (tertiary/aromatic N) is 2. The zero-order valence-corrected chi connectivity index (χ0v) is 10.8. The third kappa shape index (κ3) is 3.72. The summed E-state index contributed by atoms with van der Waals surface area (Å²) < 4.78 is 4.77. The van der Waals surface area contributed by atoms with Gasteiger partial charge >= 0.3 is 6.01 Å². The van der Waals surface area contributed by atoms with E-state index in [4.69, 9.17) is 4.74 Å². The molecule has 0 radical (unpaired) electrons. The number of hydrogen-bond acceptors (Lipinski definition) is 5. The Morgan fingerprint density at radius 3 is 2.50 bits per heavy atom. The van der Waals surface area contributed by atoms with Crippen molar-refractivity contribution in [3.8, 4) is 6.01 Å². The fraction of sp³-hybridized carbons (Fsp3) is 0.600. The molecule has 8 heteroatoms. The lowest BCUT2D eigenvalue weighted by Crippen LogP contribution is -2.46. The molecule has 100 valence electrons. The predicted octanol–water partition coefficient (Wildman–Crippen LogP) is -0.0875. The average Bonchev–Trinajstić information content (AvgIpc) is 2.72. The zero-order chi connectivity index (χ0) is 13.7. The quantitative estimate of drug-likeness (QED) is 0.681. The number of carbonyl (C=O) groups excluding carboxylic acids is 2. The Bertz CT molecular complexity index is 429. The van der Waals surface area contributed by atoms with Crippen molar-refractivity contribution < 1.29 is 14.3 Å². The molecule has 1 aromatic rings. The monoisotopic (exact) mass is 255 g/mol. The van der Waals surface area contributed by atoms with Crippen LogP contribution in [0.5, 0.6) is 6.01 Å². The van der Waals surface area contributed by atoms with E-state index in [-0.39, 0.29) is 29.7 Å². The van der Waals surface area contributed by atoms with Crippen molar-refractivity contribution in [2.45, 2.75) is 26.8 Å². The minimum absolute atomic E-state index is 0.0429. The van der Waals surface area contributed by atoms with Gasteiger partial charge in [-0.25, -0.2) is 5.10 Å². The highest BCUT2D eigenvalue weighted by Gasteiger charge is 2.23. The highest BCUT2D eigenvalue weighted by Crippen LogP contribution is 2.08. The van der Waals surface area contributed by atoms with Crippen LogP contribution in [-0.4, -0.2) is 40.1 Å². The first-order valence-corrected chi connectivity index (χ1v) is 5.48. The summed E-state index contributed by atoms with van der Waals surface area (Å²) in [5.74, 6) is -0.496. The molecular formula is C10H17N5O3. The van der Waals surface area contributed by atoms with Gasteiger partial charge in [0.1, 0.15) is 6.04 Å². The number of nitrogens with one attached hydrogen (secondary N) is 3. The molecule has 0 saturated heterocycles. The number of anilines is 1. The van der Waals surface area contributed by atoms with Crippen molar-refractivity contribution in [1.82, 2.24) is 20.5 Å². The van der Waals surface area contributed by atoms with Gasteiger partial charge in [-0.2, -0.15) is 4.98 Å². The van der Waals surface area contributed by atoms with Gasteiger partial charge < -0.3 is 10.1 Å².